The van der Waals surface area contributed by atoms with Gasteiger partial charge in [0.1, 0.15) is 0 Å². The Hall–Kier alpha value is -2.77. The normalized spacial score (nSPS) is 10.2. The summed E-state index contributed by atoms with van der Waals surface area (Å²) in [5.41, 5.74) is 4.83. The molecule has 0 amide bonds. The molecule has 2 aromatic heterocycles. The molecule has 0 saturated carbocycles. The maximum absolute atomic E-state index is 11.8. The number of hydrogen-bond donors (Lipinski definition) is 1. The molecule has 0 atom stereocenters. The number of anilines is 1. The number of nitrogens with two attached hydrogens (primary N) is 1. The Morgan fingerprint density at radius 2 is 2.26 bits per heavy atom. The minimum absolute atomic E-state index is 0.171. The maximum Gasteiger partial charge on any atom is 0.378 e. The number of carbonyl (C=O) groups excluding carboxylic acids is 1. The molecule has 0 aromatic carbocycles. The molecule has 0 saturated heterocycles. The molecule has 0 aliphatic heterocycles. The first kappa shape index (κ1) is 12.7. The van der Waals surface area contributed by atoms with Crippen molar-refractivity contribution in [1.82, 2.24) is 19.7 Å². The Morgan fingerprint density at radius 1 is 1.47 bits per heavy atom. The molecule has 8 nitrogen and oxygen atoms in total. The Balaban J connectivity index is 2.56. The molecular weight excluding hydrogens is 250 g/mol. The standard InChI is InChI=1S/C11H11N5O3/c1-2-19-11(18)9-14-8(12)10(17)16(15-9)7-5-3-4-6-13-7/h3-6H,2H2,1H3,(H2,12,14,15). The van der Waals surface area contributed by atoms with E-state index in [1.54, 1.807) is 25.1 Å². The third-order valence-corrected chi connectivity index (χ3v) is 2.16. The average Bonchev–Trinajstić information content (AvgIpc) is 2.43. The molecule has 0 radical (unpaired) electrons. The molecule has 2 aromatic rings. The van der Waals surface area contributed by atoms with Gasteiger partial charge in [-0.3, -0.25) is 4.79 Å². The van der Waals surface area contributed by atoms with Crippen molar-refractivity contribution in [3.63, 3.8) is 0 Å². The van der Waals surface area contributed by atoms with E-state index in [0.29, 0.717) is 0 Å². The molecule has 19 heavy (non-hydrogen) atoms. The Kier molecular flexibility index (Phi) is 3.51. The van der Waals surface area contributed by atoms with Gasteiger partial charge in [0.05, 0.1) is 6.61 Å². The van der Waals surface area contributed by atoms with Crippen molar-refractivity contribution in [3.8, 4) is 5.82 Å². The van der Waals surface area contributed by atoms with Crippen molar-refractivity contribution >= 4 is 11.8 Å². The number of rotatable bonds is 3. The van der Waals surface area contributed by atoms with E-state index in [2.05, 4.69) is 15.1 Å². The van der Waals surface area contributed by atoms with E-state index in [1.807, 2.05) is 0 Å². The minimum Gasteiger partial charge on any atom is -0.460 e. The lowest BCUT2D eigenvalue weighted by atomic mass is 10.4. The summed E-state index contributed by atoms with van der Waals surface area (Å²) in [7, 11) is 0. The third-order valence-electron chi connectivity index (χ3n) is 2.16. The van der Waals surface area contributed by atoms with Gasteiger partial charge in [0.15, 0.2) is 11.6 Å². The molecule has 0 unspecified atom stereocenters. The minimum atomic E-state index is -0.751. The van der Waals surface area contributed by atoms with Crippen molar-refractivity contribution in [2.24, 2.45) is 0 Å². The van der Waals surface area contributed by atoms with Crippen molar-refractivity contribution in [1.29, 1.82) is 0 Å². The molecule has 0 bridgehead atoms. The summed E-state index contributed by atoms with van der Waals surface area (Å²) in [6.45, 7) is 1.82. The first-order chi connectivity index (χ1) is 9.13. The Labute approximate surface area is 107 Å². The predicted molar refractivity (Wildman–Crippen MR) is 65.8 cm³/mol. The summed E-state index contributed by atoms with van der Waals surface area (Å²) in [5, 5.41) is 3.80. The van der Waals surface area contributed by atoms with Crippen LogP contribution in [0.2, 0.25) is 0 Å². The molecule has 0 spiro atoms. The van der Waals surface area contributed by atoms with Gasteiger partial charge >= 0.3 is 11.5 Å². The van der Waals surface area contributed by atoms with Crippen LogP contribution in [0.5, 0.6) is 0 Å². The van der Waals surface area contributed by atoms with E-state index in [-0.39, 0.29) is 24.1 Å². The van der Waals surface area contributed by atoms with Gasteiger partial charge in [0.25, 0.3) is 5.82 Å². The Bertz CT molecular complexity index is 653. The van der Waals surface area contributed by atoms with Crippen LogP contribution in [0.25, 0.3) is 5.82 Å². The fraction of sp³-hybridized carbons (Fsp3) is 0.182. The fourth-order valence-corrected chi connectivity index (χ4v) is 1.35. The lowest BCUT2D eigenvalue weighted by Gasteiger charge is -2.06. The van der Waals surface area contributed by atoms with Crippen LogP contribution in [0.1, 0.15) is 17.5 Å². The number of esters is 1. The second kappa shape index (κ2) is 5.25. The van der Waals surface area contributed by atoms with Crippen LogP contribution in [-0.4, -0.2) is 32.3 Å². The summed E-state index contributed by atoms with van der Waals surface area (Å²) in [4.78, 5) is 30.9. The van der Waals surface area contributed by atoms with E-state index in [0.717, 1.165) is 4.68 Å². The van der Waals surface area contributed by atoms with E-state index in [4.69, 9.17) is 10.5 Å². The lowest BCUT2D eigenvalue weighted by molar-refractivity contribution is 0.0509. The van der Waals surface area contributed by atoms with Crippen LogP contribution in [0, 0.1) is 0 Å². The van der Waals surface area contributed by atoms with Crippen molar-refractivity contribution in [2.45, 2.75) is 6.92 Å². The molecule has 2 heterocycles. The van der Waals surface area contributed by atoms with Crippen molar-refractivity contribution in [3.05, 3.63) is 40.6 Å². The molecule has 0 aliphatic carbocycles. The zero-order chi connectivity index (χ0) is 13.8. The van der Waals surface area contributed by atoms with Crippen LogP contribution < -0.4 is 11.3 Å². The topological polar surface area (TPSA) is 113 Å². The highest BCUT2D eigenvalue weighted by atomic mass is 16.5. The quantitative estimate of drug-likeness (QED) is 0.760. The van der Waals surface area contributed by atoms with E-state index in [9.17, 15) is 9.59 Å². The zero-order valence-electron chi connectivity index (χ0n) is 10.1. The summed E-state index contributed by atoms with van der Waals surface area (Å²) in [6.07, 6.45) is 1.49. The van der Waals surface area contributed by atoms with Crippen molar-refractivity contribution in [2.75, 3.05) is 12.3 Å². The highest BCUT2D eigenvalue weighted by Gasteiger charge is 2.16. The van der Waals surface area contributed by atoms with Gasteiger partial charge in [-0.25, -0.2) is 9.78 Å². The van der Waals surface area contributed by atoms with Crippen LogP contribution in [-0.2, 0) is 4.74 Å². The number of aromatic nitrogens is 4. The number of pyridine rings is 1. The van der Waals surface area contributed by atoms with Crippen LogP contribution >= 0.6 is 0 Å². The second-order valence-corrected chi connectivity index (χ2v) is 3.45. The van der Waals surface area contributed by atoms with Gasteiger partial charge in [-0.05, 0) is 19.1 Å². The summed E-state index contributed by atoms with van der Waals surface area (Å²) in [6, 6.07) is 4.92. The fourth-order valence-electron chi connectivity index (χ4n) is 1.35. The number of ether oxygens (including phenoxy) is 1. The third kappa shape index (κ3) is 2.57. The number of carbonyl (C=O) groups is 1. The van der Waals surface area contributed by atoms with Gasteiger partial charge in [-0.2, -0.15) is 9.67 Å². The van der Waals surface area contributed by atoms with Crippen molar-refractivity contribution < 1.29 is 9.53 Å². The molecule has 2 N–H and O–H groups in total. The second-order valence-electron chi connectivity index (χ2n) is 3.45. The Morgan fingerprint density at radius 3 is 2.89 bits per heavy atom. The molecule has 98 valence electrons. The number of nitrogens with zero attached hydrogens (tertiary/aromatic N) is 4. The molecule has 0 aliphatic rings. The SMILES string of the molecule is CCOC(=O)c1nc(N)c(=O)n(-c2ccccn2)n1. The monoisotopic (exact) mass is 261 g/mol. The van der Waals surface area contributed by atoms with Crippen LogP contribution in [0.3, 0.4) is 0 Å². The predicted octanol–water partition coefficient (Wildman–Crippen LogP) is -0.219. The van der Waals surface area contributed by atoms with E-state index < -0.39 is 11.5 Å². The van der Waals surface area contributed by atoms with Gasteiger partial charge < -0.3 is 10.5 Å². The highest BCUT2D eigenvalue weighted by Crippen LogP contribution is 2.01. The first-order valence-corrected chi connectivity index (χ1v) is 5.49. The van der Waals surface area contributed by atoms with Gasteiger partial charge in [0.2, 0.25) is 0 Å². The summed E-state index contributed by atoms with van der Waals surface area (Å²) in [5.74, 6) is -1.14. The van der Waals surface area contributed by atoms with Crippen LogP contribution in [0.4, 0.5) is 5.82 Å². The largest absolute Gasteiger partial charge is 0.460 e. The molecule has 2 rings (SSSR count). The van der Waals surface area contributed by atoms with E-state index >= 15 is 0 Å². The average molecular weight is 261 g/mol. The maximum atomic E-state index is 11.8. The lowest BCUT2D eigenvalue weighted by Crippen LogP contribution is -2.29. The van der Waals surface area contributed by atoms with Crippen LogP contribution in [0.15, 0.2) is 29.2 Å². The first-order valence-electron chi connectivity index (χ1n) is 5.49. The summed E-state index contributed by atoms with van der Waals surface area (Å²) < 4.78 is 5.67. The number of nitrogen functional groups attached to an aromatic ring is 1. The van der Waals surface area contributed by atoms with Gasteiger partial charge in [-0.1, -0.05) is 6.07 Å². The number of hydrogen-bond acceptors (Lipinski definition) is 7. The van der Waals surface area contributed by atoms with E-state index in [1.165, 1.54) is 6.20 Å². The smallest absolute Gasteiger partial charge is 0.378 e. The molecule has 8 heteroatoms. The molecular formula is C11H11N5O3. The highest BCUT2D eigenvalue weighted by molar-refractivity contribution is 5.85. The van der Waals surface area contributed by atoms with Gasteiger partial charge in [-0.15, -0.1) is 5.10 Å². The van der Waals surface area contributed by atoms with Gasteiger partial charge in [0, 0.05) is 6.20 Å². The zero-order valence-corrected chi connectivity index (χ0v) is 10.1. The summed E-state index contributed by atoms with van der Waals surface area (Å²) >= 11 is 0. The molecule has 0 fully saturated rings.